The number of aromatic nitrogens is 2. The summed E-state index contributed by atoms with van der Waals surface area (Å²) in [5.74, 6) is 0. The highest BCUT2D eigenvalue weighted by molar-refractivity contribution is 7.16. The van der Waals surface area contributed by atoms with Gasteiger partial charge in [-0.1, -0.05) is 11.6 Å². The molecule has 0 radical (unpaired) electrons. The molecule has 0 fully saturated rings. The van der Waals surface area contributed by atoms with E-state index >= 15 is 0 Å². The zero-order valence-electron chi connectivity index (χ0n) is 9.06. The van der Waals surface area contributed by atoms with Crippen molar-refractivity contribution in [1.29, 1.82) is 0 Å². The Hall–Kier alpha value is -0.840. The smallest absolute Gasteiger partial charge is 0.0931 e. The lowest BCUT2D eigenvalue weighted by Crippen LogP contribution is -2.29. The molecule has 2 heterocycles. The highest BCUT2D eigenvalue weighted by Crippen LogP contribution is 2.21. The third-order valence-corrected chi connectivity index (χ3v) is 3.50. The standard InChI is InChI=1S/C11H14ClN3S/c1-9(8-15-6-2-5-14-15)13-7-10-3-4-11(12)16-10/h2-6,9,13H,7-8H2,1H3/t9-/m0/s1. The molecular weight excluding hydrogens is 242 g/mol. The highest BCUT2D eigenvalue weighted by atomic mass is 35.5. The molecule has 0 spiro atoms. The van der Waals surface area contributed by atoms with Crippen LogP contribution in [0.4, 0.5) is 0 Å². The molecule has 0 aliphatic heterocycles. The van der Waals surface area contributed by atoms with Crippen molar-refractivity contribution >= 4 is 22.9 Å². The molecule has 0 saturated heterocycles. The third kappa shape index (κ3) is 3.33. The Balaban J connectivity index is 1.77. The van der Waals surface area contributed by atoms with Crippen molar-refractivity contribution in [3.05, 3.63) is 39.8 Å². The quantitative estimate of drug-likeness (QED) is 0.891. The van der Waals surface area contributed by atoms with Crippen molar-refractivity contribution in [1.82, 2.24) is 15.1 Å². The van der Waals surface area contributed by atoms with Gasteiger partial charge < -0.3 is 5.32 Å². The molecule has 3 nitrogen and oxygen atoms in total. The Labute approximate surface area is 104 Å². The van der Waals surface area contributed by atoms with E-state index in [1.54, 1.807) is 17.5 Å². The van der Waals surface area contributed by atoms with Crippen LogP contribution < -0.4 is 5.32 Å². The predicted octanol–water partition coefficient (Wildman–Crippen LogP) is 2.78. The fraction of sp³-hybridized carbons (Fsp3) is 0.364. The number of nitrogens with zero attached hydrogens (tertiary/aromatic N) is 2. The molecule has 0 saturated carbocycles. The third-order valence-electron chi connectivity index (χ3n) is 2.27. The summed E-state index contributed by atoms with van der Waals surface area (Å²) in [4.78, 5) is 1.26. The van der Waals surface area contributed by atoms with Crippen LogP contribution in [0, 0.1) is 0 Å². The Morgan fingerprint density at radius 2 is 2.44 bits per heavy atom. The van der Waals surface area contributed by atoms with Crippen LogP contribution >= 0.6 is 22.9 Å². The molecule has 0 aromatic carbocycles. The van der Waals surface area contributed by atoms with E-state index in [-0.39, 0.29) is 0 Å². The summed E-state index contributed by atoms with van der Waals surface area (Å²) in [5.41, 5.74) is 0. The molecule has 0 bridgehead atoms. The maximum Gasteiger partial charge on any atom is 0.0931 e. The number of hydrogen-bond acceptors (Lipinski definition) is 3. The van der Waals surface area contributed by atoms with E-state index in [1.165, 1.54) is 4.88 Å². The molecule has 0 amide bonds. The van der Waals surface area contributed by atoms with Gasteiger partial charge in [-0.25, -0.2) is 0 Å². The summed E-state index contributed by atoms with van der Waals surface area (Å²) in [6, 6.07) is 6.31. The number of nitrogens with one attached hydrogen (secondary N) is 1. The summed E-state index contributed by atoms with van der Waals surface area (Å²) in [6.45, 7) is 3.89. The van der Waals surface area contributed by atoms with Gasteiger partial charge in [-0.15, -0.1) is 11.3 Å². The van der Waals surface area contributed by atoms with Gasteiger partial charge in [0.2, 0.25) is 0 Å². The van der Waals surface area contributed by atoms with Crippen molar-refractivity contribution in [2.45, 2.75) is 26.1 Å². The summed E-state index contributed by atoms with van der Waals surface area (Å²) in [5, 5.41) is 7.61. The van der Waals surface area contributed by atoms with E-state index in [2.05, 4.69) is 23.4 Å². The summed E-state index contributed by atoms with van der Waals surface area (Å²) >= 11 is 7.49. The lowest BCUT2D eigenvalue weighted by Gasteiger charge is -2.12. The topological polar surface area (TPSA) is 29.9 Å². The molecule has 2 aromatic heterocycles. The van der Waals surface area contributed by atoms with Crippen LogP contribution in [0.5, 0.6) is 0 Å². The maximum atomic E-state index is 5.87. The minimum atomic E-state index is 0.390. The van der Waals surface area contributed by atoms with Gasteiger partial charge in [0.05, 0.1) is 10.9 Å². The first-order chi connectivity index (χ1) is 7.74. The zero-order valence-corrected chi connectivity index (χ0v) is 10.6. The molecule has 0 aliphatic carbocycles. The second-order valence-electron chi connectivity index (χ2n) is 3.72. The van der Waals surface area contributed by atoms with Crippen molar-refractivity contribution in [2.24, 2.45) is 0 Å². The average molecular weight is 256 g/mol. The van der Waals surface area contributed by atoms with Gasteiger partial charge in [0.1, 0.15) is 0 Å². The van der Waals surface area contributed by atoms with Crippen LogP contribution in [0.3, 0.4) is 0 Å². The summed E-state index contributed by atoms with van der Waals surface area (Å²) in [6.07, 6.45) is 3.77. The Kier molecular flexibility index (Phi) is 3.98. The molecule has 16 heavy (non-hydrogen) atoms. The minimum absolute atomic E-state index is 0.390. The monoisotopic (exact) mass is 255 g/mol. The number of thiophene rings is 1. The van der Waals surface area contributed by atoms with Crippen LogP contribution in [-0.2, 0) is 13.1 Å². The van der Waals surface area contributed by atoms with Crippen molar-refractivity contribution < 1.29 is 0 Å². The highest BCUT2D eigenvalue weighted by Gasteiger charge is 2.04. The molecule has 1 N–H and O–H groups in total. The van der Waals surface area contributed by atoms with E-state index < -0.39 is 0 Å². The first kappa shape index (κ1) is 11.6. The predicted molar refractivity (Wildman–Crippen MR) is 67.9 cm³/mol. The summed E-state index contributed by atoms with van der Waals surface area (Å²) in [7, 11) is 0. The Morgan fingerprint density at radius 3 is 3.06 bits per heavy atom. The molecule has 1 atom stereocenters. The van der Waals surface area contributed by atoms with Gasteiger partial charge in [-0.2, -0.15) is 5.10 Å². The van der Waals surface area contributed by atoms with Gasteiger partial charge in [-0.3, -0.25) is 4.68 Å². The van der Waals surface area contributed by atoms with E-state index in [0.717, 1.165) is 17.4 Å². The lowest BCUT2D eigenvalue weighted by molar-refractivity contribution is 0.452. The van der Waals surface area contributed by atoms with E-state index in [4.69, 9.17) is 11.6 Å². The normalized spacial score (nSPS) is 12.9. The van der Waals surface area contributed by atoms with Crippen LogP contribution in [0.2, 0.25) is 4.34 Å². The van der Waals surface area contributed by atoms with E-state index in [1.807, 2.05) is 23.0 Å². The Morgan fingerprint density at radius 1 is 1.56 bits per heavy atom. The van der Waals surface area contributed by atoms with Crippen molar-refractivity contribution in [3.63, 3.8) is 0 Å². The largest absolute Gasteiger partial charge is 0.308 e. The van der Waals surface area contributed by atoms with Gasteiger partial charge in [0, 0.05) is 29.9 Å². The molecule has 5 heteroatoms. The average Bonchev–Trinajstić information content (AvgIpc) is 2.87. The van der Waals surface area contributed by atoms with Crippen LogP contribution in [-0.4, -0.2) is 15.8 Å². The van der Waals surface area contributed by atoms with Gasteiger partial charge >= 0.3 is 0 Å². The van der Waals surface area contributed by atoms with Gasteiger partial charge in [0.15, 0.2) is 0 Å². The van der Waals surface area contributed by atoms with Gasteiger partial charge in [-0.05, 0) is 25.1 Å². The van der Waals surface area contributed by atoms with Crippen LogP contribution in [0.1, 0.15) is 11.8 Å². The van der Waals surface area contributed by atoms with E-state index in [0.29, 0.717) is 6.04 Å². The number of rotatable bonds is 5. The maximum absolute atomic E-state index is 5.87. The molecule has 0 aliphatic rings. The second kappa shape index (κ2) is 5.48. The molecule has 2 aromatic rings. The minimum Gasteiger partial charge on any atom is -0.308 e. The number of hydrogen-bond donors (Lipinski definition) is 1. The summed E-state index contributed by atoms with van der Waals surface area (Å²) < 4.78 is 2.77. The fourth-order valence-corrected chi connectivity index (χ4v) is 2.51. The molecule has 0 unspecified atom stereocenters. The first-order valence-corrected chi connectivity index (χ1v) is 6.38. The zero-order chi connectivity index (χ0) is 11.4. The Bertz CT molecular complexity index is 424. The lowest BCUT2D eigenvalue weighted by atomic mass is 10.3. The van der Waals surface area contributed by atoms with Crippen LogP contribution in [0.15, 0.2) is 30.6 Å². The van der Waals surface area contributed by atoms with Crippen molar-refractivity contribution in [3.8, 4) is 0 Å². The fourth-order valence-electron chi connectivity index (χ4n) is 1.48. The van der Waals surface area contributed by atoms with E-state index in [9.17, 15) is 0 Å². The van der Waals surface area contributed by atoms with Gasteiger partial charge in [0.25, 0.3) is 0 Å². The SMILES string of the molecule is C[C@@H](Cn1cccn1)NCc1ccc(Cl)s1. The first-order valence-electron chi connectivity index (χ1n) is 5.19. The molecule has 2 rings (SSSR count). The van der Waals surface area contributed by atoms with Crippen molar-refractivity contribution in [2.75, 3.05) is 0 Å². The number of halogens is 1. The molecule has 86 valence electrons. The second-order valence-corrected chi connectivity index (χ2v) is 5.52. The molecular formula is C11H14ClN3S. The van der Waals surface area contributed by atoms with Crippen LogP contribution in [0.25, 0.3) is 0 Å².